The number of amides is 1. The van der Waals surface area contributed by atoms with Gasteiger partial charge in [0.25, 0.3) is 5.91 Å². The van der Waals surface area contributed by atoms with Gasteiger partial charge in [0.15, 0.2) is 0 Å². The summed E-state index contributed by atoms with van der Waals surface area (Å²) >= 11 is 0. The monoisotopic (exact) mass is 393 g/mol. The molecule has 0 bridgehead atoms. The number of nitriles is 1. The van der Waals surface area contributed by atoms with Gasteiger partial charge in [-0.3, -0.25) is 15.2 Å². The van der Waals surface area contributed by atoms with Crippen molar-refractivity contribution in [3.63, 3.8) is 0 Å². The van der Waals surface area contributed by atoms with Crippen molar-refractivity contribution < 1.29 is 22.7 Å². The Hall–Kier alpha value is -3.35. The van der Waals surface area contributed by atoms with Gasteiger partial charge in [0.05, 0.1) is 0 Å². The van der Waals surface area contributed by atoms with Crippen molar-refractivity contribution in [3.05, 3.63) is 47.9 Å². The van der Waals surface area contributed by atoms with Gasteiger partial charge in [-0.2, -0.15) is 5.26 Å². The topological polar surface area (TPSA) is 91.1 Å². The van der Waals surface area contributed by atoms with Gasteiger partial charge in [0.2, 0.25) is 5.82 Å². The molecule has 1 aromatic heterocycles. The SMILES string of the molecule is CC(C)(C)CN(Nc1ccnc(C#N)n1)C(=O)c1ccc(OC(F)(F)F)cc1. The third-order valence-corrected chi connectivity index (χ3v) is 3.22. The molecule has 1 amide bonds. The van der Waals surface area contributed by atoms with Crippen molar-refractivity contribution in [1.29, 1.82) is 5.26 Å². The minimum Gasteiger partial charge on any atom is -0.406 e. The van der Waals surface area contributed by atoms with Crippen LogP contribution in [-0.2, 0) is 0 Å². The fraction of sp³-hybridized carbons (Fsp3) is 0.333. The van der Waals surface area contributed by atoms with Crippen molar-refractivity contribution in [1.82, 2.24) is 15.0 Å². The number of halogens is 3. The number of hydrogen-bond donors (Lipinski definition) is 1. The predicted octanol–water partition coefficient (Wildman–Crippen LogP) is 3.76. The van der Waals surface area contributed by atoms with Crippen molar-refractivity contribution in [3.8, 4) is 11.8 Å². The van der Waals surface area contributed by atoms with Crippen LogP contribution in [0.5, 0.6) is 5.75 Å². The zero-order valence-corrected chi connectivity index (χ0v) is 15.4. The molecule has 148 valence electrons. The van der Waals surface area contributed by atoms with E-state index in [9.17, 15) is 18.0 Å². The summed E-state index contributed by atoms with van der Waals surface area (Å²) in [6.45, 7) is 6.00. The number of hydrogen-bond acceptors (Lipinski definition) is 6. The van der Waals surface area contributed by atoms with E-state index in [1.807, 2.05) is 20.8 Å². The zero-order chi connectivity index (χ0) is 20.9. The second-order valence-electron chi connectivity index (χ2n) is 7.01. The van der Waals surface area contributed by atoms with E-state index in [0.717, 1.165) is 12.1 Å². The third-order valence-electron chi connectivity index (χ3n) is 3.22. The highest BCUT2D eigenvalue weighted by Crippen LogP contribution is 2.24. The lowest BCUT2D eigenvalue weighted by Gasteiger charge is -2.30. The van der Waals surface area contributed by atoms with Gasteiger partial charge in [-0.05, 0) is 29.7 Å². The molecule has 0 aliphatic heterocycles. The number of anilines is 1. The summed E-state index contributed by atoms with van der Waals surface area (Å²) in [6.07, 6.45) is -3.44. The van der Waals surface area contributed by atoms with Crippen molar-refractivity contribution in [2.24, 2.45) is 5.41 Å². The van der Waals surface area contributed by atoms with Gasteiger partial charge >= 0.3 is 6.36 Å². The zero-order valence-electron chi connectivity index (χ0n) is 15.4. The maximum absolute atomic E-state index is 12.9. The Morgan fingerprint density at radius 2 is 1.86 bits per heavy atom. The highest BCUT2D eigenvalue weighted by atomic mass is 19.4. The van der Waals surface area contributed by atoms with E-state index in [0.29, 0.717) is 0 Å². The van der Waals surface area contributed by atoms with E-state index in [2.05, 4.69) is 20.1 Å². The van der Waals surface area contributed by atoms with Gasteiger partial charge in [-0.25, -0.2) is 9.97 Å². The molecule has 1 N–H and O–H groups in total. The van der Waals surface area contributed by atoms with Crippen LogP contribution in [0.3, 0.4) is 0 Å². The molecule has 0 atom stereocenters. The van der Waals surface area contributed by atoms with E-state index < -0.39 is 18.0 Å². The van der Waals surface area contributed by atoms with E-state index in [1.54, 1.807) is 6.07 Å². The van der Waals surface area contributed by atoms with Crippen LogP contribution in [0.1, 0.15) is 37.0 Å². The standard InChI is InChI=1S/C18H18F3N5O2/c1-17(2,3)11-26(25-14-8-9-23-15(10-22)24-14)16(27)12-4-6-13(7-5-12)28-18(19,20)21/h4-9H,11H2,1-3H3,(H,23,24,25). The summed E-state index contributed by atoms with van der Waals surface area (Å²) in [7, 11) is 0. The van der Waals surface area contributed by atoms with Crippen LogP contribution in [0, 0.1) is 16.7 Å². The van der Waals surface area contributed by atoms with E-state index in [4.69, 9.17) is 5.26 Å². The molecule has 28 heavy (non-hydrogen) atoms. The summed E-state index contributed by atoms with van der Waals surface area (Å²) in [6, 6.07) is 7.90. The van der Waals surface area contributed by atoms with E-state index >= 15 is 0 Å². The van der Waals surface area contributed by atoms with Gasteiger partial charge in [-0.15, -0.1) is 13.2 Å². The average molecular weight is 393 g/mol. The van der Waals surface area contributed by atoms with Gasteiger partial charge in [-0.1, -0.05) is 20.8 Å². The molecule has 7 nitrogen and oxygen atoms in total. The number of nitrogens with zero attached hydrogens (tertiary/aromatic N) is 4. The third kappa shape index (κ3) is 6.42. The molecule has 0 spiro atoms. The molecule has 0 aliphatic rings. The first-order chi connectivity index (χ1) is 13.0. The van der Waals surface area contributed by atoms with Crippen LogP contribution in [0.25, 0.3) is 0 Å². The van der Waals surface area contributed by atoms with E-state index in [1.165, 1.54) is 29.4 Å². The Bertz CT molecular complexity index is 871. The Morgan fingerprint density at radius 3 is 2.39 bits per heavy atom. The molecular formula is C18H18F3N5O2. The number of rotatable bonds is 5. The van der Waals surface area contributed by atoms with Crippen LogP contribution in [0.4, 0.5) is 19.0 Å². The van der Waals surface area contributed by atoms with Crippen LogP contribution in [-0.4, -0.2) is 33.8 Å². The number of carbonyl (C=O) groups excluding carboxylic acids is 1. The Kier molecular flexibility index (Phi) is 6.08. The Labute approximate surface area is 159 Å². The molecule has 2 aromatic rings. The molecule has 0 saturated heterocycles. The lowest BCUT2D eigenvalue weighted by Crippen LogP contribution is -2.42. The molecule has 2 rings (SSSR count). The van der Waals surface area contributed by atoms with Crippen molar-refractivity contribution >= 4 is 11.7 Å². The van der Waals surface area contributed by atoms with Crippen LogP contribution in [0.15, 0.2) is 36.5 Å². The first-order valence-electron chi connectivity index (χ1n) is 8.14. The largest absolute Gasteiger partial charge is 0.573 e. The van der Waals surface area contributed by atoms with E-state index in [-0.39, 0.29) is 29.2 Å². The van der Waals surface area contributed by atoms with Crippen LogP contribution in [0.2, 0.25) is 0 Å². The molecule has 0 saturated carbocycles. The van der Waals surface area contributed by atoms with Crippen molar-refractivity contribution in [2.75, 3.05) is 12.0 Å². The fourth-order valence-corrected chi connectivity index (χ4v) is 2.20. The Balaban J connectivity index is 2.24. The molecule has 1 heterocycles. The summed E-state index contributed by atoms with van der Waals surface area (Å²) in [5.41, 5.74) is 2.69. The number of ether oxygens (including phenoxy) is 1. The lowest BCUT2D eigenvalue weighted by atomic mass is 9.96. The normalized spacial score (nSPS) is 11.5. The summed E-state index contributed by atoms with van der Waals surface area (Å²) in [5.74, 6) is -0.734. The predicted molar refractivity (Wildman–Crippen MR) is 94.0 cm³/mol. The average Bonchev–Trinajstić information content (AvgIpc) is 2.59. The number of nitrogens with one attached hydrogen (secondary N) is 1. The van der Waals surface area contributed by atoms with Crippen LogP contribution >= 0.6 is 0 Å². The summed E-state index contributed by atoms with van der Waals surface area (Å²) in [5, 5.41) is 10.2. The maximum atomic E-state index is 12.9. The second kappa shape index (κ2) is 8.12. The van der Waals surface area contributed by atoms with Gasteiger partial charge in [0, 0.05) is 24.4 Å². The minimum absolute atomic E-state index is 0.0678. The van der Waals surface area contributed by atoms with Crippen molar-refractivity contribution in [2.45, 2.75) is 27.1 Å². The van der Waals surface area contributed by atoms with Gasteiger partial charge in [0.1, 0.15) is 17.6 Å². The lowest BCUT2D eigenvalue weighted by molar-refractivity contribution is -0.274. The van der Waals surface area contributed by atoms with Crippen LogP contribution < -0.4 is 10.2 Å². The molecule has 0 aliphatic carbocycles. The maximum Gasteiger partial charge on any atom is 0.573 e. The number of carbonyl (C=O) groups is 1. The van der Waals surface area contributed by atoms with Gasteiger partial charge < -0.3 is 4.74 Å². The highest BCUT2D eigenvalue weighted by molar-refractivity contribution is 5.95. The summed E-state index contributed by atoms with van der Waals surface area (Å²) in [4.78, 5) is 20.6. The summed E-state index contributed by atoms with van der Waals surface area (Å²) < 4.78 is 40.6. The number of hydrazine groups is 1. The highest BCUT2D eigenvalue weighted by Gasteiger charge is 2.31. The quantitative estimate of drug-likeness (QED) is 0.778. The second-order valence-corrected chi connectivity index (χ2v) is 7.01. The minimum atomic E-state index is -4.81. The molecule has 0 fully saturated rings. The first kappa shape index (κ1) is 21.0. The smallest absolute Gasteiger partial charge is 0.406 e. The molecule has 1 aromatic carbocycles. The molecule has 0 radical (unpaired) electrons. The molecule has 0 unspecified atom stereocenters. The number of benzene rings is 1. The number of aromatic nitrogens is 2. The molecular weight excluding hydrogens is 375 g/mol. The molecule has 10 heteroatoms. The fourth-order valence-electron chi connectivity index (χ4n) is 2.20. The first-order valence-corrected chi connectivity index (χ1v) is 8.14. The number of alkyl halides is 3. The Morgan fingerprint density at radius 1 is 1.21 bits per heavy atom.